The van der Waals surface area contributed by atoms with E-state index in [0.29, 0.717) is 6.61 Å². The topological polar surface area (TPSA) is 328 Å². The highest BCUT2D eigenvalue weighted by Gasteiger charge is 1.95. The first-order valence-electron chi connectivity index (χ1n) is 7.91. The van der Waals surface area contributed by atoms with Crippen molar-refractivity contribution in [1.82, 2.24) is 24.6 Å². The van der Waals surface area contributed by atoms with Crippen LogP contribution in [0.25, 0.3) is 0 Å². The van der Waals surface area contributed by atoms with Gasteiger partial charge in [0.25, 0.3) is 0 Å². The van der Waals surface area contributed by atoms with Gasteiger partial charge in [-0.2, -0.15) is 0 Å². The third-order valence-electron chi connectivity index (χ3n) is 1.68. The summed E-state index contributed by atoms with van der Waals surface area (Å²) in [6.07, 6.45) is 0.727. The third-order valence-corrected chi connectivity index (χ3v) is 1.68. The molecule has 0 bridgehead atoms. The predicted octanol–water partition coefficient (Wildman–Crippen LogP) is 5.54. The van der Waals surface area contributed by atoms with E-state index in [-0.39, 0.29) is 159 Å². The second-order valence-corrected chi connectivity index (χ2v) is 5.17. The number of hydrogen-bond acceptors (Lipinski definition) is 14. The first-order chi connectivity index (χ1) is 12.3. The molecule has 0 radical (unpaired) electrons. The van der Waals surface area contributed by atoms with Gasteiger partial charge in [-0.25, -0.2) is 0 Å². The molecule has 0 spiro atoms. The SMILES string of the molecule is C.C.C.C.C.C.C.C.C.C.CC(CO)OCCO.CC(O)CO.N.N.N.N.O=PP.OCCCCO.OCCO. The largest absolute Gasteiger partial charge is 0.396 e. The first kappa shape index (κ1) is 138. The minimum absolute atomic E-state index is 0. The van der Waals surface area contributed by atoms with Gasteiger partial charge in [0.1, 0.15) is 0 Å². The molecule has 0 rings (SSSR count). The monoisotopic (exact) mass is 657 g/mol. The van der Waals surface area contributed by atoms with Gasteiger partial charge in [0.15, 0.2) is 8.15 Å². The number of aliphatic hydroxyl groups is 8. The molecule has 40 heavy (non-hydrogen) atoms. The molecule has 3 unspecified atom stereocenters. The molecule has 0 aliphatic carbocycles. The molecule has 20 N–H and O–H groups in total. The Bertz CT molecular complexity index is 222. The van der Waals surface area contributed by atoms with Crippen molar-refractivity contribution < 1.29 is 50.2 Å². The summed E-state index contributed by atoms with van der Waals surface area (Å²) < 4.78 is 13.7. The van der Waals surface area contributed by atoms with Crippen molar-refractivity contribution in [1.29, 1.82) is 0 Å². The summed E-state index contributed by atoms with van der Waals surface area (Å²) in [5, 5.41) is 64.0. The molecule has 0 aliphatic heterocycles. The number of hydrogen-bond donors (Lipinski definition) is 12. The van der Waals surface area contributed by atoms with Crippen molar-refractivity contribution in [3.8, 4) is 0 Å². The van der Waals surface area contributed by atoms with Crippen molar-refractivity contribution in [3.63, 3.8) is 0 Å². The third kappa shape index (κ3) is 361. The molecular formula is C24H90N4O10P2. The maximum Gasteiger partial charge on any atom is 0.174 e. The lowest BCUT2D eigenvalue weighted by Crippen LogP contribution is -2.14. The maximum atomic E-state index is 8.87. The van der Waals surface area contributed by atoms with Crippen LogP contribution in [-0.4, -0.2) is 106 Å². The van der Waals surface area contributed by atoms with Crippen molar-refractivity contribution >= 4 is 17.1 Å². The van der Waals surface area contributed by atoms with Gasteiger partial charge in [-0.05, 0) is 35.6 Å². The molecule has 0 fully saturated rings. The molecule has 0 aliphatic rings. The Kier molecular flexibility index (Phi) is 599. The first-order valence-corrected chi connectivity index (χ1v) is 10.3. The van der Waals surface area contributed by atoms with Crippen LogP contribution in [0.3, 0.4) is 0 Å². The van der Waals surface area contributed by atoms with E-state index in [1.54, 1.807) is 6.92 Å². The lowest BCUT2D eigenvalue weighted by Gasteiger charge is -2.06. The van der Waals surface area contributed by atoms with E-state index < -0.39 is 6.10 Å². The van der Waals surface area contributed by atoms with E-state index in [1.165, 1.54) is 6.92 Å². The summed E-state index contributed by atoms with van der Waals surface area (Å²) in [6.45, 7) is 3.61. The van der Waals surface area contributed by atoms with Crippen LogP contribution < -0.4 is 24.6 Å². The maximum absolute atomic E-state index is 8.87. The Hall–Kier alpha value is 0.01000. The number of unbranched alkanes of at least 4 members (excludes halogenated alkanes) is 1. The van der Waals surface area contributed by atoms with Crippen LogP contribution in [0, 0.1) is 0 Å². The van der Waals surface area contributed by atoms with Gasteiger partial charge in [0.05, 0.1) is 51.8 Å². The van der Waals surface area contributed by atoms with Gasteiger partial charge in [-0.15, -0.1) is 0 Å². The number of rotatable bonds is 9. The normalized spacial score (nSPS) is 7.28. The Morgan fingerprint density at radius 3 is 0.900 bits per heavy atom. The number of aliphatic hydroxyl groups excluding tert-OH is 8. The lowest BCUT2D eigenvalue weighted by atomic mass is 10.3. The fourth-order valence-electron chi connectivity index (χ4n) is 0.530. The van der Waals surface area contributed by atoms with Crippen molar-refractivity contribution in [3.05, 3.63) is 0 Å². The van der Waals surface area contributed by atoms with Crippen LogP contribution in [0.5, 0.6) is 0 Å². The van der Waals surface area contributed by atoms with Crippen LogP contribution in [0.4, 0.5) is 0 Å². The Morgan fingerprint density at radius 2 is 0.800 bits per heavy atom. The van der Waals surface area contributed by atoms with E-state index in [4.69, 9.17) is 50.2 Å². The quantitative estimate of drug-likeness (QED) is 0.107. The Balaban J connectivity index is -0.00000000763. The highest BCUT2D eigenvalue weighted by atomic mass is 32.0. The van der Waals surface area contributed by atoms with E-state index in [9.17, 15) is 0 Å². The average molecular weight is 657 g/mol. The summed E-state index contributed by atoms with van der Waals surface area (Å²) in [5.74, 6) is 0. The van der Waals surface area contributed by atoms with Gasteiger partial charge in [-0.1, -0.05) is 74.3 Å². The molecule has 276 valence electrons. The van der Waals surface area contributed by atoms with Crippen LogP contribution in [0.1, 0.15) is 101 Å². The average Bonchev–Trinajstić information content (AvgIpc) is 2.66. The van der Waals surface area contributed by atoms with Gasteiger partial charge in [-0.3, -0.25) is 4.57 Å². The van der Waals surface area contributed by atoms with E-state index in [0.717, 1.165) is 12.8 Å². The fraction of sp³-hybridized carbons (Fsp3) is 1.00. The van der Waals surface area contributed by atoms with E-state index in [1.807, 2.05) is 8.93 Å². The van der Waals surface area contributed by atoms with Crippen molar-refractivity contribution in [2.75, 3.05) is 52.9 Å². The minimum Gasteiger partial charge on any atom is -0.396 e. The highest BCUT2D eigenvalue weighted by molar-refractivity contribution is 7.96. The molecule has 16 heteroatoms. The van der Waals surface area contributed by atoms with Crippen LogP contribution >= 0.6 is 17.1 Å². The van der Waals surface area contributed by atoms with Crippen LogP contribution in [0.2, 0.25) is 0 Å². The minimum atomic E-state index is -0.560. The van der Waals surface area contributed by atoms with E-state index >= 15 is 0 Å². The summed E-state index contributed by atoms with van der Waals surface area (Å²) in [6, 6.07) is 0. The van der Waals surface area contributed by atoms with Gasteiger partial charge < -0.3 is 70.2 Å². The molecule has 0 heterocycles. The molecular weight excluding hydrogens is 566 g/mol. The Labute approximate surface area is 258 Å². The summed E-state index contributed by atoms with van der Waals surface area (Å²) >= 11 is 0. The van der Waals surface area contributed by atoms with Gasteiger partial charge in [0.2, 0.25) is 0 Å². The molecule has 0 aromatic carbocycles. The zero-order valence-electron chi connectivity index (χ0n) is 18.5. The predicted molar refractivity (Wildman–Crippen MR) is 191 cm³/mol. The standard InChI is InChI=1S/C5H12O3.C4H10O2.C3H8O2.C2H6O2.10CH4.4H3N.H2OP2/c1-5(4-7)8-3-2-6;5-3-1-2-4-6;1-3(5)2-4;3-1-2-4;;;;;;;;;;;;;;;1-3-2/h5-7H,2-4H2,1H3;5-6H,1-4H2;3-5H,2H2,1H3;3-4H,1-2H2;10*1H4;4*1H3;2H2. The number of ether oxygens (including phenoxy) is 1. The molecule has 0 saturated heterocycles. The highest BCUT2D eigenvalue weighted by Crippen LogP contribution is 1.99. The van der Waals surface area contributed by atoms with Crippen LogP contribution in [0.15, 0.2) is 0 Å². The van der Waals surface area contributed by atoms with Crippen molar-refractivity contribution in [2.24, 2.45) is 0 Å². The molecule has 0 aromatic heterocycles. The second-order valence-electron chi connectivity index (χ2n) is 4.33. The molecule has 14 nitrogen and oxygen atoms in total. The van der Waals surface area contributed by atoms with Gasteiger partial charge in [0, 0.05) is 13.2 Å². The zero-order valence-corrected chi connectivity index (χ0v) is 20.5. The molecule has 0 aromatic rings. The van der Waals surface area contributed by atoms with E-state index in [2.05, 4.69) is 0 Å². The fourth-order valence-corrected chi connectivity index (χ4v) is 0.530. The summed E-state index contributed by atoms with van der Waals surface area (Å²) in [4.78, 5) is 0. The van der Waals surface area contributed by atoms with Crippen molar-refractivity contribution in [2.45, 2.75) is 113 Å². The Morgan fingerprint density at radius 1 is 0.575 bits per heavy atom. The molecule has 3 atom stereocenters. The zero-order chi connectivity index (χ0) is 21.6. The summed E-state index contributed by atoms with van der Waals surface area (Å²) in [7, 11) is 2.08. The smallest absolute Gasteiger partial charge is 0.174 e. The van der Waals surface area contributed by atoms with Crippen LogP contribution in [-0.2, 0) is 9.30 Å². The molecule has 0 amide bonds. The second kappa shape index (κ2) is 174. The summed E-state index contributed by atoms with van der Waals surface area (Å²) in [5.41, 5.74) is 0. The molecule has 0 saturated carbocycles. The van der Waals surface area contributed by atoms with Gasteiger partial charge >= 0.3 is 0 Å². The lowest BCUT2D eigenvalue weighted by molar-refractivity contribution is 0.00729.